The first kappa shape index (κ1) is 18.0. The third kappa shape index (κ3) is 3.31. The molecule has 138 valence electrons. The number of amidine groups is 1. The van der Waals surface area contributed by atoms with Gasteiger partial charge in [-0.25, -0.2) is 9.98 Å². The molecule has 2 aliphatic rings. The van der Waals surface area contributed by atoms with E-state index in [1.54, 1.807) is 7.05 Å². The van der Waals surface area contributed by atoms with Crippen LogP contribution in [0.1, 0.15) is 18.3 Å². The van der Waals surface area contributed by atoms with E-state index in [-0.39, 0.29) is 6.04 Å². The zero-order chi connectivity index (χ0) is 18.0. The molecule has 1 aromatic heterocycles. The van der Waals surface area contributed by atoms with E-state index in [9.17, 15) is 15.3 Å². The first-order chi connectivity index (χ1) is 12.1. The van der Waals surface area contributed by atoms with Crippen molar-refractivity contribution < 1.29 is 24.8 Å². The lowest BCUT2D eigenvalue weighted by Crippen LogP contribution is -2.36. The molecule has 1 aromatic rings. The van der Waals surface area contributed by atoms with Crippen LogP contribution in [0, 0.1) is 0 Å². The van der Waals surface area contributed by atoms with Gasteiger partial charge in [0.05, 0.1) is 25.6 Å². The quantitative estimate of drug-likeness (QED) is 0.377. The molecule has 0 bridgehead atoms. The zero-order valence-corrected chi connectivity index (χ0v) is 13.9. The Bertz CT molecular complexity index is 642. The first-order valence-corrected chi connectivity index (χ1v) is 8.08. The summed E-state index contributed by atoms with van der Waals surface area (Å²) in [5.74, 6) is 0.880. The number of nitrogens with one attached hydrogen (secondary N) is 1. The Hall–Kier alpha value is -1.85. The van der Waals surface area contributed by atoms with Gasteiger partial charge in [0.1, 0.15) is 24.0 Å². The molecular formula is C15H23N5O5. The molecule has 0 aliphatic carbocycles. The molecule has 5 atom stereocenters. The van der Waals surface area contributed by atoms with Crippen LogP contribution in [0.3, 0.4) is 0 Å². The molecule has 0 saturated carbocycles. The highest BCUT2D eigenvalue weighted by Gasteiger charge is 2.44. The summed E-state index contributed by atoms with van der Waals surface area (Å²) in [7, 11) is 1.64. The van der Waals surface area contributed by atoms with Gasteiger partial charge in [0.15, 0.2) is 17.9 Å². The Morgan fingerprint density at radius 3 is 2.84 bits per heavy atom. The molecule has 3 rings (SSSR count). The molecule has 3 heterocycles. The monoisotopic (exact) mass is 353 g/mol. The van der Waals surface area contributed by atoms with Crippen LogP contribution in [-0.2, 0) is 9.47 Å². The van der Waals surface area contributed by atoms with Crippen molar-refractivity contribution in [3.05, 3.63) is 12.0 Å². The van der Waals surface area contributed by atoms with Gasteiger partial charge < -0.3 is 30.1 Å². The lowest BCUT2D eigenvalue weighted by atomic mass is 10.1. The minimum absolute atomic E-state index is 0.135. The number of hydrogen-bond donors (Lipinski definition) is 4. The normalized spacial score (nSPS) is 33.0. The van der Waals surface area contributed by atoms with Crippen LogP contribution in [0.5, 0.6) is 0 Å². The fraction of sp³-hybridized carbons (Fsp3) is 0.667. The Morgan fingerprint density at radius 2 is 2.28 bits per heavy atom. The van der Waals surface area contributed by atoms with E-state index in [2.05, 4.69) is 27.0 Å². The molecule has 4 N–H and O–H groups in total. The predicted molar refractivity (Wildman–Crippen MR) is 89.3 cm³/mol. The Morgan fingerprint density at radius 1 is 1.48 bits per heavy atom. The fourth-order valence-electron chi connectivity index (χ4n) is 3.05. The van der Waals surface area contributed by atoms with E-state index in [1.807, 2.05) is 0 Å². The molecule has 2 fully saturated rings. The van der Waals surface area contributed by atoms with Crippen molar-refractivity contribution in [3.8, 4) is 0 Å². The molecule has 0 aromatic carbocycles. The van der Waals surface area contributed by atoms with E-state index >= 15 is 0 Å². The summed E-state index contributed by atoms with van der Waals surface area (Å²) < 4.78 is 12.4. The number of ether oxygens (including phenoxy) is 2. The van der Waals surface area contributed by atoms with Crippen molar-refractivity contribution >= 4 is 18.4 Å². The minimum atomic E-state index is -1.22. The van der Waals surface area contributed by atoms with Crippen LogP contribution in [0.4, 0.5) is 5.82 Å². The van der Waals surface area contributed by atoms with Gasteiger partial charge in [-0.05, 0) is 13.1 Å². The SMILES string of the molecule is C=Nc1c(/C(=N\C)NC2CCOC2)ncn1[C@@H]1O[C@H](CO)C(O)C1O. The second-order valence-electron chi connectivity index (χ2n) is 5.99. The van der Waals surface area contributed by atoms with Crippen LogP contribution in [-0.4, -0.2) is 88.6 Å². The zero-order valence-electron chi connectivity index (χ0n) is 13.9. The maximum absolute atomic E-state index is 10.2. The third-order valence-electron chi connectivity index (χ3n) is 4.43. The molecule has 2 saturated heterocycles. The maximum Gasteiger partial charge on any atom is 0.165 e. The highest BCUT2D eigenvalue weighted by molar-refractivity contribution is 6.01. The molecule has 25 heavy (non-hydrogen) atoms. The van der Waals surface area contributed by atoms with Crippen LogP contribution in [0.25, 0.3) is 0 Å². The lowest BCUT2D eigenvalue weighted by molar-refractivity contribution is -0.0519. The lowest BCUT2D eigenvalue weighted by Gasteiger charge is -2.18. The summed E-state index contributed by atoms with van der Waals surface area (Å²) in [4.78, 5) is 12.5. The van der Waals surface area contributed by atoms with Crippen molar-refractivity contribution in [3.63, 3.8) is 0 Å². The summed E-state index contributed by atoms with van der Waals surface area (Å²) in [6, 6.07) is 0.135. The van der Waals surface area contributed by atoms with Gasteiger partial charge in [-0.15, -0.1) is 0 Å². The number of aliphatic imine (C=N–C) groups is 2. The highest BCUT2D eigenvalue weighted by atomic mass is 16.6. The van der Waals surface area contributed by atoms with Crippen molar-refractivity contribution in [2.75, 3.05) is 26.9 Å². The summed E-state index contributed by atoms with van der Waals surface area (Å²) in [5, 5.41) is 32.7. The summed E-state index contributed by atoms with van der Waals surface area (Å²) in [6.07, 6.45) is -1.92. The molecule has 10 heteroatoms. The molecule has 2 aliphatic heterocycles. The van der Waals surface area contributed by atoms with Gasteiger partial charge >= 0.3 is 0 Å². The number of hydrogen-bond acceptors (Lipinski definition) is 8. The van der Waals surface area contributed by atoms with Crippen molar-refractivity contribution in [1.29, 1.82) is 0 Å². The number of nitrogens with zero attached hydrogens (tertiary/aromatic N) is 4. The highest BCUT2D eigenvalue weighted by Crippen LogP contribution is 2.33. The van der Waals surface area contributed by atoms with Gasteiger partial charge in [-0.3, -0.25) is 9.56 Å². The van der Waals surface area contributed by atoms with E-state index in [0.717, 1.165) is 6.42 Å². The van der Waals surface area contributed by atoms with Crippen LogP contribution in [0.2, 0.25) is 0 Å². The topological polar surface area (TPSA) is 134 Å². The van der Waals surface area contributed by atoms with Gasteiger partial charge in [0.2, 0.25) is 0 Å². The predicted octanol–water partition coefficient (Wildman–Crippen LogP) is -1.42. The third-order valence-corrected chi connectivity index (χ3v) is 4.43. The second kappa shape index (κ2) is 7.58. The fourth-order valence-corrected chi connectivity index (χ4v) is 3.05. The Labute approximate surface area is 144 Å². The molecule has 10 nitrogen and oxygen atoms in total. The van der Waals surface area contributed by atoms with Crippen LogP contribution in [0.15, 0.2) is 16.3 Å². The number of aliphatic hydroxyl groups is 3. The van der Waals surface area contributed by atoms with Crippen molar-refractivity contribution in [1.82, 2.24) is 14.9 Å². The van der Waals surface area contributed by atoms with Crippen molar-refractivity contribution in [2.24, 2.45) is 9.98 Å². The summed E-state index contributed by atoms with van der Waals surface area (Å²) in [6.45, 7) is 4.44. The van der Waals surface area contributed by atoms with Crippen molar-refractivity contribution in [2.45, 2.75) is 37.0 Å². The summed E-state index contributed by atoms with van der Waals surface area (Å²) in [5.41, 5.74) is 0.460. The standard InChI is InChI=1S/C15H23N5O5/c1-16-13(19-8-3-4-24-6-8)10-14(17-2)20(7-18-10)15-12(23)11(22)9(5-21)25-15/h7-9,11-12,15,21-23H,2-6H2,1H3,(H,16,19)/t8?,9-,11?,12?,15-/m1/s1. The maximum atomic E-state index is 10.2. The average molecular weight is 353 g/mol. The van der Waals surface area contributed by atoms with Gasteiger partial charge in [0.25, 0.3) is 0 Å². The number of imidazole rings is 1. The van der Waals surface area contributed by atoms with Crippen LogP contribution < -0.4 is 5.32 Å². The molecule has 0 spiro atoms. The summed E-state index contributed by atoms with van der Waals surface area (Å²) >= 11 is 0. The van der Waals surface area contributed by atoms with E-state index in [1.165, 1.54) is 10.9 Å². The van der Waals surface area contributed by atoms with Crippen LogP contribution >= 0.6 is 0 Å². The molecule has 0 radical (unpaired) electrons. The Kier molecular flexibility index (Phi) is 5.45. The average Bonchev–Trinajstić information content (AvgIpc) is 3.33. The molecule has 0 amide bonds. The Balaban J connectivity index is 1.87. The number of aromatic nitrogens is 2. The molecular weight excluding hydrogens is 330 g/mol. The van der Waals surface area contributed by atoms with E-state index in [0.29, 0.717) is 30.6 Å². The smallest absolute Gasteiger partial charge is 0.165 e. The van der Waals surface area contributed by atoms with E-state index in [4.69, 9.17) is 9.47 Å². The number of rotatable bonds is 5. The van der Waals surface area contributed by atoms with E-state index < -0.39 is 31.1 Å². The molecule has 3 unspecified atom stereocenters. The first-order valence-electron chi connectivity index (χ1n) is 8.08. The van der Waals surface area contributed by atoms with Gasteiger partial charge in [-0.1, -0.05) is 0 Å². The van der Waals surface area contributed by atoms with Gasteiger partial charge in [-0.2, -0.15) is 0 Å². The largest absolute Gasteiger partial charge is 0.394 e. The van der Waals surface area contributed by atoms with Gasteiger partial charge in [0, 0.05) is 13.7 Å². The minimum Gasteiger partial charge on any atom is -0.394 e. The number of aliphatic hydroxyl groups excluding tert-OH is 3. The second-order valence-corrected chi connectivity index (χ2v) is 5.99.